The number of halogens is 2. The number of hydrogen-bond donors (Lipinski definition) is 3. The van der Waals surface area contributed by atoms with Crippen molar-refractivity contribution in [3.63, 3.8) is 0 Å². The summed E-state index contributed by atoms with van der Waals surface area (Å²) in [6.07, 6.45) is 0.538. The Morgan fingerprint density at radius 1 is 1.09 bits per heavy atom. The van der Waals surface area contributed by atoms with Crippen molar-refractivity contribution in [1.29, 1.82) is 0 Å². The molecule has 1 atom stereocenters. The summed E-state index contributed by atoms with van der Waals surface area (Å²) in [5.41, 5.74) is 3.95. The van der Waals surface area contributed by atoms with Crippen LogP contribution in [0.2, 0.25) is 0 Å². The second-order valence-corrected chi connectivity index (χ2v) is 9.20. The molecular formula is C25H27F2N5O3. The average molecular weight is 484 g/mol. The van der Waals surface area contributed by atoms with E-state index in [9.17, 15) is 23.2 Å². The number of rotatable bonds is 5. The molecule has 1 unspecified atom stereocenters. The van der Waals surface area contributed by atoms with Gasteiger partial charge >= 0.3 is 0 Å². The fraction of sp³-hybridized carbons (Fsp3) is 0.400. The van der Waals surface area contributed by atoms with E-state index in [0.717, 1.165) is 22.5 Å². The summed E-state index contributed by atoms with van der Waals surface area (Å²) in [5.74, 6) is -3.72. The lowest BCUT2D eigenvalue weighted by Gasteiger charge is -2.29. The molecule has 3 heterocycles. The van der Waals surface area contributed by atoms with Crippen LogP contribution < -0.4 is 20.9 Å². The van der Waals surface area contributed by atoms with E-state index in [-0.39, 0.29) is 31.3 Å². The highest BCUT2D eigenvalue weighted by Crippen LogP contribution is 2.30. The predicted molar refractivity (Wildman–Crippen MR) is 126 cm³/mol. The van der Waals surface area contributed by atoms with E-state index < -0.39 is 17.9 Å². The number of carbonyl (C=O) groups excluding carboxylic acids is 3. The molecule has 2 saturated heterocycles. The standard InChI is InChI=1S/C25H27F2N5O3/c26-25(27)14-28-10-11-31(15-25)18-6-4-17(5-7-18)29-12-16-2-1-3-19-20(16)13-32(24(19)35)21-8-9-22(33)30-23(21)34/h1-7,21,28-29H,8-15H2,(H,30,33,34). The van der Waals surface area contributed by atoms with E-state index in [1.165, 1.54) is 4.90 Å². The van der Waals surface area contributed by atoms with Gasteiger partial charge in [0.15, 0.2) is 0 Å². The summed E-state index contributed by atoms with van der Waals surface area (Å²) in [5, 5.41) is 8.43. The minimum absolute atomic E-state index is 0.204. The van der Waals surface area contributed by atoms with Crippen molar-refractivity contribution in [2.24, 2.45) is 0 Å². The molecule has 3 aliphatic heterocycles. The first-order valence-corrected chi connectivity index (χ1v) is 11.7. The number of carbonyl (C=O) groups is 3. The van der Waals surface area contributed by atoms with E-state index in [1.54, 1.807) is 11.0 Å². The topological polar surface area (TPSA) is 93.8 Å². The highest BCUT2D eigenvalue weighted by atomic mass is 19.3. The Morgan fingerprint density at radius 2 is 1.89 bits per heavy atom. The number of amides is 3. The molecule has 0 bridgehead atoms. The molecule has 0 saturated carbocycles. The lowest BCUT2D eigenvalue weighted by Crippen LogP contribution is -2.52. The number of nitrogens with one attached hydrogen (secondary N) is 3. The van der Waals surface area contributed by atoms with Gasteiger partial charge in [0.25, 0.3) is 11.8 Å². The molecule has 0 spiro atoms. The largest absolute Gasteiger partial charge is 0.381 e. The fourth-order valence-corrected chi connectivity index (χ4v) is 4.92. The first-order valence-electron chi connectivity index (χ1n) is 11.7. The van der Waals surface area contributed by atoms with Crippen molar-refractivity contribution in [2.75, 3.05) is 36.4 Å². The summed E-state index contributed by atoms with van der Waals surface area (Å²) >= 11 is 0. The Hall–Kier alpha value is -3.53. The molecule has 3 N–H and O–H groups in total. The van der Waals surface area contributed by atoms with Crippen LogP contribution in [0.25, 0.3) is 0 Å². The number of benzene rings is 2. The SMILES string of the molecule is O=C1CCC(N2Cc3c(CNc4ccc(N5CCNCC(F)(F)C5)cc4)cccc3C2=O)C(=O)N1. The normalized spacial score (nSPS) is 22.0. The zero-order valence-corrected chi connectivity index (χ0v) is 19.2. The van der Waals surface area contributed by atoms with Crippen molar-refractivity contribution in [3.8, 4) is 0 Å². The van der Waals surface area contributed by atoms with E-state index in [2.05, 4.69) is 16.0 Å². The van der Waals surface area contributed by atoms with Crippen LogP contribution >= 0.6 is 0 Å². The molecule has 8 nitrogen and oxygen atoms in total. The van der Waals surface area contributed by atoms with Gasteiger partial charge in [-0.2, -0.15) is 0 Å². The summed E-state index contributed by atoms with van der Waals surface area (Å²) in [4.78, 5) is 40.0. The maximum atomic E-state index is 13.9. The van der Waals surface area contributed by atoms with Gasteiger partial charge in [-0.15, -0.1) is 0 Å². The van der Waals surface area contributed by atoms with Crippen LogP contribution in [0.5, 0.6) is 0 Å². The van der Waals surface area contributed by atoms with Gasteiger partial charge in [-0.3, -0.25) is 19.7 Å². The molecule has 0 aliphatic carbocycles. The molecule has 35 heavy (non-hydrogen) atoms. The lowest BCUT2D eigenvalue weighted by molar-refractivity contribution is -0.136. The summed E-state index contributed by atoms with van der Waals surface area (Å²) < 4.78 is 27.9. The van der Waals surface area contributed by atoms with Crippen molar-refractivity contribution in [3.05, 3.63) is 59.2 Å². The van der Waals surface area contributed by atoms with Crippen molar-refractivity contribution >= 4 is 29.1 Å². The third-order valence-corrected chi connectivity index (χ3v) is 6.76. The third kappa shape index (κ3) is 4.84. The third-order valence-electron chi connectivity index (χ3n) is 6.76. The van der Waals surface area contributed by atoms with Crippen LogP contribution in [0.3, 0.4) is 0 Å². The number of piperidine rings is 1. The maximum absolute atomic E-state index is 13.9. The van der Waals surface area contributed by atoms with Gasteiger partial charge in [-0.05, 0) is 47.9 Å². The van der Waals surface area contributed by atoms with Gasteiger partial charge in [0, 0.05) is 49.5 Å². The average Bonchev–Trinajstić information content (AvgIpc) is 3.05. The molecule has 2 aromatic carbocycles. The highest BCUT2D eigenvalue weighted by molar-refractivity contribution is 6.05. The molecule has 184 valence electrons. The number of imide groups is 1. The molecule has 5 rings (SSSR count). The van der Waals surface area contributed by atoms with Gasteiger partial charge in [0.05, 0.1) is 13.1 Å². The lowest BCUT2D eigenvalue weighted by atomic mass is 10.0. The zero-order valence-electron chi connectivity index (χ0n) is 19.2. The molecule has 0 radical (unpaired) electrons. The van der Waals surface area contributed by atoms with Crippen LogP contribution in [-0.2, 0) is 22.7 Å². The Bertz CT molecular complexity index is 1150. The van der Waals surface area contributed by atoms with Gasteiger partial charge in [0.2, 0.25) is 11.8 Å². The number of hydrogen-bond acceptors (Lipinski definition) is 6. The quantitative estimate of drug-likeness (QED) is 0.564. The van der Waals surface area contributed by atoms with Crippen LogP contribution in [0, 0.1) is 0 Å². The minimum atomic E-state index is -2.78. The Kier molecular flexibility index (Phi) is 6.14. The number of alkyl halides is 2. The predicted octanol–water partition coefficient (Wildman–Crippen LogP) is 2.10. The molecule has 2 fully saturated rings. The van der Waals surface area contributed by atoms with Gasteiger partial charge < -0.3 is 20.4 Å². The number of nitrogens with zero attached hydrogens (tertiary/aromatic N) is 2. The number of anilines is 2. The minimum Gasteiger partial charge on any atom is -0.381 e. The summed E-state index contributed by atoms with van der Waals surface area (Å²) in [6.45, 7) is 1.16. The molecule has 0 aromatic heterocycles. The van der Waals surface area contributed by atoms with Crippen LogP contribution in [0.1, 0.15) is 34.3 Å². The van der Waals surface area contributed by atoms with Crippen LogP contribution in [0.4, 0.5) is 20.2 Å². The van der Waals surface area contributed by atoms with Gasteiger partial charge in [-0.1, -0.05) is 12.1 Å². The molecular weight excluding hydrogens is 456 g/mol. The molecule has 10 heteroatoms. The van der Waals surface area contributed by atoms with Gasteiger partial charge in [0.1, 0.15) is 6.04 Å². The second kappa shape index (κ2) is 9.26. The zero-order chi connectivity index (χ0) is 24.6. The van der Waals surface area contributed by atoms with E-state index in [0.29, 0.717) is 38.2 Å². The Labute approximate surface area is 201 Å². The van der Waals surface area contributed by atoms with E-state index >= 15 is 0 Å². The molecule has 3 aliphatic rings. The van der Waals surface area contributed by atoms with Crippen molar-refractivity contribution in [1.82, 2.24) is 15.5 Å². The first kappa shape index (κ1) is 23.2. The maximum Gasteiger partial charge on any atom is 0.277 e. The summed E-state index contributed by atoms with van der Waals surface area (Å²) in [7, 11) is 0. The highest BCUT2D eigenvalue weighted by Gasteiger charge is 2.39. The van der Waals surface area contributed by atoms with Crippen molar-refractivity contribution in [2.45, 2.75) is 37.9 Å². The van der Waals surface area contributed by atoms with Crippen LogP contribution in [0.15, 0.2) is 42.5 Å². The molecule has 2 aromatic rings. The molecule has 3 amide bonds. The van der Waals surface area contributed by atoms with Crippen LogP contribution in [-0.4, -0.2) is 60.8 Å². The Morgan fingerprint density at radius 3 is 2.66 bits per heavy atom. The number of fused-ring (bicyclic) bond motifs is 1. The van der Waals surface area contributed by atoms with Crippen molar-refractivity contribution < 1.29 is 23.2 Å². The monoisotopic (exact) mass is 483 g/mol. The second-order valence-electron chi connectivity index (χ2n) is 9.20. The van der Waals surface area contributed by atoms with Gasteiger partial charge in [-0.25, -0.2) is 8.78 Å². The van der Waals surface area contributed by atoms with E-state index in [1.807, 2.05) is 36.4 Å². The van der Waals surface area contributed by atoms with E-state index in [4.69, 9.17) is 0 Å². The summed E-state index contributed by atoms with van der Waals surface area (Å²) in [6, 6.07) is 12.2. The first-order chi connectivity index (χ1) is 16.8. The smallest absolute Gasteiger partial charge is 0.277 e. The Balaban J connectivity index is 1.25. The fourth-order valence-electron chi connectivity index (χ4n) is 4.92.